The summed E-state index contributed by atoms with van der Waals surface area (Å²) in [5, 5.41) is 0. The van der Waals surface area contributed by atoms with Crippen LogP contribution in [0.4, 0.5) is 19.0 Å². The summed E-state index contributed by atoms with van der Waals surface area (Å²) >= 11 is 3.05. The van der Waals surface area contributed by atoms with Crippen LogP contribution in [0.15, 0.2) is 22.7 Å². The van der Waals surface area contributed by atoms with Gasteiger partial charge in [-0.05, 0) is 31.5 Å². The maximum absolute atomic E-state index is 13.2. The van der Waals surface area contributed by atoms with E-state index in [1.165, 1.54) is 12.1 Å². The van der Waals surface area contributed by atoms with E-state index in [0.717, 1.165) is 6.07 Å². The maximum Gasteiger partial charge on any atom is 0.417 e. The summed E-state index contributed by atoms with van der Waals surface area (Å²) in [6.07, 6.45) is -3.92. The van der Waals surface area contributed by atoms with Crippen LogP contribution < -0.4 is 5.73 Å². The Hall–Kier alpha value is -1.63. The molecule has 1 aromatic heterocycles. The smallest absolute Gasteiger partial charge is 0.383 e. The van der Waals surface area contributed by atoms with Crippen molar-refractivity contribution in [2.45, 2.75) is 26.4 Å². The van der Waals surface area contributed by atoms with Gasteiger partial charge in [0, 0.05) is 21.3 Å². The Morgan fingerprint density at radius 3 is 2.48 bits per heavy atom. The average molecular weight is 360 g/mol. The molecule has 0 atom stereocenters. The predicted octanol–water partition coefficient (Wildman–Crippen LogP) is 4.38. The molecule has 0 saturated carbocycles. The van der Waals surface area contributed by atoms with E-state index < -0.39 is 11.7 Å². The van der Waals surface area contributed by atoms with Crippen LogP contribution in [0.3, 0.4) is 0 Å². The zero-order valence-electron chi connectivity index (χ0n) is 11.4. The lowest BCUT2D eigenvalue weighted by atomic mass is 10.1. The number of aromatic nitrogens is 2. The highest BCUT2D eigenvalue weighted by atomic mass is 79.9. The van der Waals surface area contributed by atoms with Crippen molar-refractivity contribution in [3.05, 3.63) is 39.5 Å². The molecular formula is C14H13BrF3N3. The second-order valence-corrected chi connectivity index (χ2v) is 5.46. The van der Waals surface area contributed by atoms with Gasteiger partial charge in [-0.3, -0.25) is 0 Å². The molecule has 2 aromatic rings. The Kier molecular flexibility index (Phi) is 4.22. The summed E-state index contributed by atoms with van der Waals surface area (Å²) in [5.41, 5.74) is 6.26. The molecular weight excluding hydrogens is 347 g/mol. The van der Waals surface area contributed by atoms with Gasteiger partial charge >= 0.3 is 6.18 Å². The van der Waals surface area contributed by atoms with E-state index in [-0.39, 0.29) is 17.2 Å². The predicted molar refractivity (Wildman–Crippen MR) is 78.7 cm³/mol. The van der Waals surface area contributed by atoms with Crippen LogP contribution in [0.1, 0.15) is 23.7 Å². The Labute approximate surface area is 128 Å². The lowest BCUT2D eigenvalue weighted by Gasteiger charge is -2.14. The van der Waals surface area contributed by atoms with Crippen molar-refractivity contribution < 1.29 is 13.2 Å². The molecule has 112 valence electrons. The number of nitrogens with zero attached hydrogens (tertiary/aromatic N) is 2. The molecule has 0 fully saturated rings. The highest BCUT2D eigenvalue weighted by Gasteiger charge is 2.34. The summed E-state index contributed by atoms with van der Waals surface area (Å²) in [4.78, 5) is 8.23. The van der Waals surface area contributed by atoms with Crippen LogP contribution in [-0.2, 0) is 12.6 Å². The quantitative estimate of drug-likeness (QED) is 0.865. The minimum Gasteiger partial charge on any atom is -0.383 e. The summed E-state index contributed by atoms with van der Waals surface area (Å²) in [7, 11) is 0. The molecule has 3 nitrogen and oxygen atoms in total. The minimum absolute atomic E-state index is 0.00484. The van der Waals surface area contributed by atoms with Gasteiger partial charge < -0.3 is 5.73 Å². The van der Waals surface area contributed by atoms with Crippen molar-refractivity contribution in [2.24, 2.45) is 0 Å². The average Bonchev–Trinajstić information content (AvgIpc) is 2.40. The van der Waals surface area contributed by atoms with Gasteiger partial charge in [0.1, 0.15) is 5.82 Å². The third-order valence-electron chi connectivity index (χ3n) is 3.15. The van der Waals surface area contributed by atoms with Crippen molar-refractivity contribution in [3.63, 3.8) is 0 Å². The Morgan fingerprint density at radius 1 is 1.24 bits per heavy atom. The van der Waals surface area contributed by atoms with Gasteiger partial charge in [-0.1, -0.05) is 22.9 Å². The van der Waals surface area contributed by atoms with Crippen LogP contribution >= 0.6 is 15.9 Å². The molecule has 0 unspecified atom stereocenters. The number of hydrogen-bond acceptors (Lipinski definition) is 3. The van der Waals surface area contributed by atoms with Crippen LogP contribution in [0.5, 0.6) is 0 Å². The number of benzene rings is 1. The molecule has 1 heterocycles. The van der Waals surface area contributed by atoms with Gasteiger partial charge in [-0.25, -0.2) is 9.97 Å². The van der Waals surface area contributed by atoms with Crippen molar-refractivity contribution in [1.82, 2.24) is 9.97 Å². The van der Waals surface area contributed by atoms with Gasteiger partial charge in [0.05, 0.1) is 5.56 Å². The lowest BCUT2D eigenvalue weighted by molar-refractivity contribution is -0.137. The summed E-state index contributed by atoms with van der Waals surface area (Å²) in [6, 6.07) is 3.88. The zero-order chi connectivity index (χ0) is 15.8. The van der Waals surface area contributed by atoms with E-state index in [2.05, 4.69) is 25.9 Å². The summed E-state index contributed by atoms with van der Waals surface area (Å²) in [6.45, 7) is 3.62. The highest BCUT2D eigenvalue weighted by molar-refractivity contribution is 9.10. The van der Waals surface area contributed by atoms with E-state index in [1.54, 1.807) is 6.92 Å². The number of anilines is 1. The van der Waals surface area contributed by atoms with Gasteiger partial charge in [0.25, 0.3) is 0 Å². The van der Waals surface area contributed by atoms with E-state index in [9.17, 15) is 13.2 Å². The first-order chi connectivity index (χ1) is 9.74. The first-order valence-electron chi connectivity index (χ1n) is 6.24. The van der Waals surface area contributed by atoms with Crippen molar-refractivity contribution in [1.29, 1.82) is 0 Å². The van der Waals surface area contributed by atoms with E-state index in [0.29, 0.717) is 22.2 Å². The van der Waals surface area contributed by atoms with Gasteiger partial charge in [0.2, 0.25) is 0 Å². The van der Waals surface area contributed by atoms with Crippen molar-refractivity contribution >= 4 is 21.7 Å². The fourth-order valence-electron chi connectivity index (χ4n) is 1.99. The largest absolute Gasteiger partial charge is 0.417 e. The van der Waals surface area contributed by atoms with Crippen LogP contribution in [0, 0.1) is 6.92 Å². The SMILES string of the molecule is CCc1nc(-c2ccc(Br)cc2C(F)(F)F)nc(N)c1C. The fourth-order valence-corrected chi connectivity index (χ4v) is 2.35. The lowest BCUT2D eigenvalue weighted by Crippen LogP contribution is -2.10. The van der Waals surface area contributed by atoms with Gasteiger partial charge in [-0.2, -0.15) is 13.2 Å². The van der Waals surface area contributed by atoms with Crippen LogP contribution in [0.25, 0.3) is 11.4 Å². The number of nitrogens with two attached hydrogens (primary N) is 1. The van der Waals surface area contributed by atoms with Crippen molar-refractivity contribution in [3.8, 4) is 11.4 Å². The number of aryl methyl sites for hydroxylation is 1. The standard InChI is InChI=1S/C14H13BrF3N3/c1-3-11-7(2)12(19)21-13(20-11)9-5-4-8(15)6-10(9)14(16,17)18/h4-6H,3H2,1-2H3,(H2,19,20,21). The molecule has 0 amide bonds. The molecule has 0 aliphatic carbocycles. The zero-order valence-corrected chi connectivity index (χ0v) is 13.0. The summed E-state index contributed by atoms with van der Waals surface area (Å²) in [5.74, 6) is 0.197. The second-order valence-electron chi connectivity index (χ2n) is 4.55. The molecule has 2 rings (SSSR count). The number of hydrogen-bond donors (Lipinski definition) is 1. The Bertz CT molecular complexity index is 684. The van der Waals surface area contributed by atoms with E-state index in [1.807, 2.05) is 6.92 Å². The third-order valence-corrected chi connectivity index (χ3v) is 3.64. The topological polar surface area (TPSA) is 51.8 Å². The minimum atomic E-state index is -4.49. The molecule has 0 aliphatic rings. The first-order valence-corrected chi connectivity index (χ1v) is 7.03. The van der Waals surface area contributed by atoms with Crippen molar-refractivity contribution in [2.75, 3.05) is 5.73 Å². The van der Waals surface area contributed by atoms with Crippen LogP contribution in [0.2, 0.25) is 0 Å². The van der Waals surface area contributed by atoms with Gasteiger partial charge in [0.15, 0.2) is 5.82 Å². The first kappa shape index (κ1) is 15.8. The number of alkyl halides is 3. The monoisotopic (exact) mass is 359 g/mol. The molecule has 21 heavy (non-hydrogen) atoms. The molecule has 0 bridgehead atoms. The van der Waals surface area contributed by atoms with Gasteiger partial charge in [-0.15, -0.1) is 0 Å². The summed E-state index contributed by atoms with van der Waals surface area (Å²) < 4.78 is 39.8. The number of rotatable bonds is 2. The molecule has 0 spiro atoms. The second kappa shape index (κ2) is 5.63. The molecule has 2 N–H and O–H groups in total. The van der Waals surface area contributed by atoms with E-state index >= 15 is 0 Å². The number of nitrogen functional groups attached to an aromatic ring is 1. The van der Waals surface area contributed by atoms with E-state index in [4.69, 9.17) is 5.73 Å². The van der Waals surface area contributed by atoms with Crippen LogP contribution in [-0.4, -0.2) is 9.97 Å². The third kappa shape index (κ3) is 3.18. The molecule has 0 aliphatic heterocycles. The Balaban J connectivity index is 2.70. The Morgan fingerprint density at radius 2 is 1.90 bits per heavy atom. The normalized spacial score (nSPS) is 11.7. The fraction of sp³-hybridized carbons (Fsp3) is 0.286. The molecule has 0 radical (unpaired) electrons. The maximum atomic E-state index is 13.2. The molecule has 7 heteroatoms. The number of halogens is 4. The molecule has 0 saturated heterocycles. The molecule has 1 aromatic carbocycles. The highest BCUT2D eigenvalue weighted by Crippen LogP contribution is 2.38.